The van der Waals surface area contributed by atoms with Crippen molar-refractivity contribution in [3.63, 3.8) is 0 Å². The van der Waals surface area contributed by atoms with Crippen LogP contribution in [0, 0.1) is 6.92 Å². The van der Waals surface area contributed by atoms with Crippen LogP contribution in [0.5, 0.6) is 5.75 Å². The highest BCUT2D eigenvalue weighted by atomic mass is 32.1. The highest BCUT2D eigenvalue weighted by Crippen LogP contribution is 2.34. The number of rotatable bonds is 0. The Bertz CT molecular complexity index is 433. The fourth-order valence-electron chi connectivity index (χ4n) is 1.38. The van der Waals surface area contributed by atoms with Gasteiger partial charge in [-0.2, -0.15) is 0 Å². The van der Waals surface area contributed by atoms with E-state index in [0.29, 0.717) is 5.75 Å². The number of aryl methyl sites for hydroxylation is 1. The SMILES string of the molecule is Cc1cc(N)cc2scc(O)c12. The smallest absolute Gasteiger partial charge is 0.134 e. The van der Waals surface area contributed by atoms with Gasteiger partial charge in [0.1, 0.15) is 5.75 Å². The Labute approximate surface area is 74.3 Å². The first kappa shape index (κ1) is 7.43. The lowest BCUT2D eigenvalue weighted by Crippen LogP contribution is -1.84. The molecule has 3 N–H and O–H groups in total. The van der Waals surface area contributed by atoms with Crippen molar-refractivity contribution >= 4 is 27.1 Å². The summed E-state index contributed by atoms with van der Waals surface area (Å²) in [6.45, 7) is 1.95. The van der Waals surface area contributed by atoms with E-state index in [4.69, 9.17) is 5.73 Å². The molecular weight excluding hydrogens is 170 g/mol. The van der Waals surface area contributed by atoms with Gasteiger partial charge in [0.2, 0.25) is 0 Å². The van der Waals surface area contributed by atoms with Gasteiger partial charge in [-0.3, -0.25) is 0 Å². The molecule has 0 aliphatic heterocycles. The summed E-state index contributed by atoms with van der Waals surface area (Å²) in [5.74, 6) is 0.354. The molecule has 0 amide bonds. The highest BCUT2D eigenvalue weighted by molar-refractivity contribution is 7.17. The van der Waals surface area contributed by atoms with E-state index < -0.39 is 0 Å². The van der Waals surface area contributed by atoms with Crippen LogP contribution in [0.4, 0.5) is 5.69 Å². The van der Waals surface area contributed by atoms with E-state index in [9.17, 15) is 5.11 Å². The van der Waals surface area contributed by atoms with Gasteiger partial charge < -0.3 is 10.8 Å². The molecule has 2 aromatic rings. The van der Waals surface area contributed by atoms with E-state index in [2.05, 4.69) is 0 Å². The van der Waals surface area contributed by atoms with Gasteiger partial charge in [0.05, 0.1) is 0 Å². The van der Waals surface area contributed by atoms with E-state index in [-0.39, 0.29) is 0 Å². The van der Waals surface area contributed by atoms with E-state index in [1.807, 2.05) is 19.1 Å². The standard InChI is InChI=1S/C9H9NOS/c1-5-2-6(10)3-8-9(5)7(11)4-12-8/h2-4,11H,10H2,1H3. The Morgan fingerprint density at radius 1 is 1.42 bits per heavy atom. The first-order valence-corrected chi connectivity index (χ1v) is 4.53. The minimum Gasteiger partial charge on any atom is -0.506 e. The van der Waals surface area contributed by atoms with Gasteiger partial charge in [-0.1, -0.05) is 0 Å². The summed E-state index contributed by atoms with van der Waals surface area (Å²) < 4.78 is 1.05. The minimum absolute atomic E-state index is 0.354. The molecule has 1 aromatic heterocycles. The lowest BCUT2D eigenvalue weighted by molar-refractivity contribution is 0.483. The zero-order chi connectivity index (χ0) is 8.72. The number of hydrogen-bond acceptors (Lipinski definition) is 3. The molecule has 12 heavy (non-hydrogen) atoms. The zero-order valence-electron chi connectivity index (χ0n) is 6.66. The molecule has 0 bridgehead atoms. The average molecular weight is 179 g/mol. The summed E-state index contributed by atoms with van der Waals surface area (Å²) in [5.41, 5.74) is 7.44. The third-order valence-corrected chi connectivity index (χ3v) is 2.79. The van der Waals surface area contributed by atoms with Crippen LogP contribution in [-0.2, 0) is 0 Å². The summed E-state index contributed by atoms with van der Waals surface area (Å²) in [7, 11) is 0. The largest absolute Gasteiger partial charge is 0.506 e. The fourth-order valence-corrected chi connectivity index (χ4v) is 2.33. The maximum Gasteiger partial charge on any atom is 0.134 e. The van der Waals surface area contributed by atoms with Crippen molar-refractivity contribution in [1.82, 2.24) is 0 Å². The summed E-state index contributed by atoms with van der Waals surface area (Å²) in [5, 5.41) is 12.1. The number of fused-ring (bicyclic) bond motifs is 1. The Morgan fingerprint density at radius 3 is 2.92 bits per heavy atom. The summed E-state index contributed by atoms with van der Waals surface area (Å²) in [6.07, 6.45) is 0. The Kier molecular flexibility index (Phi) is 1.48. The van der Waals surface area contributed by atoms with Crippen LogP contribution in [0.3, 0.4) is 0 Å². The molecule has 1 heterocycles. The third-order valence-electron chi connectivity index (χ3n) is 1.88. The molecule has 0 aliphatic rings. The summed E-state index contributed by atoms with van der Waals surface area (Å²) in [4.78, 5) is 0. The van der Waals surface area contributed by atoms with Gasteiger partial charge in [0.25, 0.3) is 0 Å². The van der Waals surface area contributed by atoms with Gasteiger partial charge in [-0.15, -0.1) is 11.3 Å². The monoisotopic (exact) mass is 179 g/mol. The molecule has 0 aliphatic carbocycles. The number of benzene rings is 1. The van der Waals surface area contributed by atoms with Crippen molar-refractivity contribution in [1.29, 1.82) is 0 Å². The van der Waals surface area contributed by atoms with Crippen molar-refractivity contribution in [2.75, 3.05) is 5.73 Å². The molecule has 2 rings (SSSR count). The second kappa shape index (κ2) is 2.38. The molecule has 3 heteroatoms. The third kappa shape index (κ3) is 0.940. The second-order valence-corrected chi connectivity index (χ2v) is 3.74. The van der Waals surface area contributed by atoms with Crippen molar-refractivity contribution < 1.29 is 5.11 Å². The number of nitrogens with two attached hydrogens (primary N) is 1. The number of nitrogen functional groups attached to an aromatic ring is 1. The maximum absolute atomic E-state index is 9.45. The molecular formula is C9H9NOS. The van der Waals surface area contributed by atoms with Crippen LogP contribution in [0.25, 0.3) is 10.1 Å². The van der Waals surface area contributed by atoms with Gasteiger partial charge in [0.15, 0.2) is 0 Å². The number of aromatic hydroxyl groups is 1. The van der Waals surface area contributed by atoms with E-state index in [1.54, 1.807) is 5.38 Å². The topological polar surface area (TPSA) is 46.2 Å². The predicted molar refractivity (Wildman–Crippen MR) is 52.6 cm³/mol. The van der Waals surface area contributed by atoms with Gasteiger partial charge in [0, 0.05) is 21.2 Å². The fraction of sp³-hybridized carbons (Fsp3) is 0.111. The molecule has 0 radical (unpaired) electrons. The first-order chi connectivity index (χ1) is 5.68. The van der Waals surface area contributed by atoms with E-state index >= 15 is 0 Å². The number of anilines is 1. The van der Waals surface area contributed by atoms with Gasteiger partial charge in [-0.05, 0) is 24.6 Å². The highest BCUT2D eigenvalue weighted by Gasteiger charge is 2.05. The Morgan fingerprint density at radius 2 is 2.17 bits per heavy atom. The average Bonchev–Trinajstić information content (AvgIpc) is 2.31. The van der Waals surface area contributed by atoms with Gasteiger partial charge >= 0.3 is 0 Å². The minimum atomic E-state index is 0.354. The molecule has 0 spiro atoms. The zero-order valence-corrected chi connectivity index (χ0v) is 7.48. The van der Waals surface area contributed by atoms with Crippen LogP contribution in [0.2, 0.25) is 0 Å². The van der Waals surface area contributed by atoms with Crippen LogP contribution in [0.1, 0.15) is 5.56 Å². The van der Waals surface area contributed by atoms with Crippen molar-refractivity contribution in [3.05, 3.63) is 23.1 Å². The Balaban J connectivity index is 2.93. The molecule has 1 aromatic carbocycles. The normalized spacial score (nSPS) is 10.8. The van der Waals surface area contributed by atoms with E-state index in [0.717, 1.165) is 21.3 Å². The Hall–Kier alpha value is -1.22. The molecule has 2 nitrogen and oxygen atoms in total. The molecule has 0 unspecified atom stereocenters. The molecule has 0 fully saturated rings. The number of hydrogen-bond donors (Lipinski definition) is 2. The van der Waals surface area contributed by atoms with Crippen LogP contribution in [0.15, 0.2) is 17.5 Å². The van der Waals surface area contributed by atoms with Crippen LogP contribution in [-0.4, -0.2) is 5.11 Å². The molecule has 0 saturated carbocycles. The van der Waals surface area contributed by atoms with Crippen LogP contribution < -0.4 is 5.73 Å². The molecule has 0 saturated heterocycles. The van der Waals surface area contributed by atoms with Crippen molar-refractivity contribution in [2.24, 2.45) is 0 Å². The molecule has 62 valence electrons. The second-order valence-electron chi connectivity index (χ2n) is 2.83. The van der Waals surface area contributed by atoms with Crippen LogP contribution >= 0.6 is 11.3 Å². The van der Waals surface area contributed by atoms with Crippen molar-refractivity contribution in [2.45, 2.75) is 6.92 Å². The number of thiophene rings is 1. The molecule has 0 atom stereocenters. The lowest BCUT2D eigenvalue weighted by Gasteiger charge is -1.98. The summed E-state index contributed by atoms with van der Waals surface area (Å²) >= 11 is 1.51. The predicted octanol–water partition coefficient (Wildman–Crippen LogP) is 2.50. The lowest BCUT2D eigenvalue weighted by atomic mass is 10.1. The van der Waals surface area contributed by atoms with Gasteiger partial charge in [-0.25, -0.2) is 0 Å². The van der Waals surface area contributed by atoms with Crippen molar-refractivity contribution in [3.8, 4) is 5.75 Å². The quantitative estimate of drug-likeness (QED) is 0.610. The maximum atomic E-state index is 9.45. The first-order valence-electron chi connectivity index (χ1n) is 3.65. The summed E-state index contributed by atoms with van der Waals surface area (Å²) in [6, 6.07) is 3.75. The van der Waals surface area contributed by atoms with E-state index in [1.165, 1.54) is 11.3 Å².